The first-order valence-electron chi connectivity index (χ1n) is 8.19. The Hall–Kier alpha value is -1.69. The van der Waals surface area contributed by atoms with E-state index < -0.39 is 0 Å². The maximum absolute atomic E-state index is 12.4. The van der Waals surface area contributed by atoms with E-state index in [4.69, 9.17) is 4.74 Å². The zero-order valence-corrected chi connectivity index (χ0v) is 13.1. The number of piperidine rings is 1. The zero-order chi connectivity index (χ0) is 15.4. The molecule has 6 heteroatoms. The molecule has 1 aromatic rings. The SMILES string of the molecule is CC1CCCN(C(=O)c2cnc(NCC3CCCO3)nc2)C1. The highest BCUT2D eigenvalue weighted by atomic mass is 16.5. The molecule has 2 aliphatic rings. The van der Waals surface area contributed by atoms with Crippen molar-refractivity contribution >= 4 is 11.9 Å². The van der Waals surface area contributed by atoms with Gasteiger partial charge in [0.2, 0.25) is 5.95 Å². The highest BCUT2D eigenvalue weighted by molar-refractivity contribution is 5.93. The van der Waals surface area contributed by atoms with Gasteiger partial charge in [-0.2, -0.15) is 0 Å². The van der Waals surface area contributed by atoms with Crippen molar-refractivity contribution in [2.75, 3.05) is 31.6 Å². The van der Waals surface area contributed by atoms with Gasteiger partial charge in [-0.1, -0.05) is 6.92 Å². The lowest BCUT2D eigenvalue weighted by Crippen LogP contribution is -2.39. The number of amides is 1. The predicted octanol–water partition coefficient (Wildman–Crippen LogP) is 1.94. The third kappa shape index (κ3) is 3.74. The van der Waals surface area contributed by atoms with Gasteiger partial charge >= 0.3 is 0 Å². The fourth-order valence-electron chi connectivity index (χ4n) is 3.10. The second-order valence-electron chi connectivity index (χ2n) is 6.31. The van der Waals surface area contributed by atoms with E-state index >= 15 is 0 Å². The number of carbonyl (C=O) groups is 1. The van der Waals surface area contributed by atoms with Crippen molar-refractivity contribution in [3.63, 3.8) is 0 Å². The van der Waals surface area contributed by atoms with Gasteiger partial charge in [0, 0.05) is 38.6 Å². The van der Waals surface area contributed by atoms with Gasteiger partial charge in [0.05, 0.1) is 11.7 Å². The van der Waals surface area contributed by atoms with Crippen LogP contribution < -0.4 is 5.32 Å². The lowest BCUT2D eigenvalue weighted by molar-refractivity contribution is 0.0682. The molecule has 3 rings (SSSR count). The quantitative estimate of drug-likeness (QED) is 0.921. The number of nitrogens with zero attached hydrogens (tertiary/aromatic N) is 3. The molecule has 2 atom stereocenters. The maximum Gasteiger partial charge on any atom is 0.257 e. The molecule has 22 heavy (non-hydrogen) atoms. The molecule has 120 valence electrons. The third-order valence-electron chi connectivity index (χ3n) is 4.35. The van der Waals surface area contributed by atoms with Crippen LogP contribution in [0, 0.1) is 5.92 Å². The van der Waals surface area contributed by atoms with E-state index in [1.54, 1.807) is 12.4 Å². The van der Waals surface area contributed by atoms with E-state index in [2.05, 4.69) is 22.2 Å². The number of rotatable bonds is 4. The number of nitrogens with one attached hydrogen (secondary N) is 1. The molecule has 0 aromatic carbocycles. The fraction of sp³-hybridized carbons (Fsp3) is 0.688. The van der Waals surface area contributed by atoms with E-state index in [0.717, 1.165) is 45.5 Å². The van der Waals surface area contributed by atoms with Crippen LogP contribution in [-0.4, -0.2) is 53.1 Å². The molecule has 2 saturated heterocycles. The van der Waals surface area contributed by atoms with Crippen LogP contribution in [0.15, 0.2) is 12.4 Å². The topological polar surface area (TPSA) is 67.4 Å². The smallest absolute Gasteiger partial charge is 0.257 e. The van der Waals surface area contributed by atoms with Crippen LogP contribution in [0.3, 0.4) is 0 Å². The fourth-order valence-corrected chi connectivity index (χ4v) is 3.10. The van der Waals surface area contributed by atoms with Crippen LogP contribution >= 0.6 is 0 Å². The van der Waals surface area contributed by atoms with Crippen molar-refractivity contribution in [3.05, 3.63) is 18.0 Å². The molecule has 0 saturated carbocycles. The van der Waals surface area contributed by atoms with E-state index in [0.29, 0.717) is 17.4 Å². The molecule has 1 N–H and O–H groups in total. The summed E-state index contributed by atoms with van der Waals surface area (Å²) in [6.07, 6.45) is 7.96. The summed E-state index contributed by atoms with van der Waals surface area (Å²) in [4.78, 5) is 22.8. The van der Waals surface area contributed by atoms with Crippen LogP contribution in [0.4, 0.5) is 5.95 Å². The summed E-state index contributed by atoms with van der Waals surface area (Å²) in [5.74, 6) is 1.17. The second-order valence-corrected chi connectivity index (χ2v) is 6.31. The summed E-state index contributed by atoms with van der Waals surface area (Å²) < 4.78 is 5.55. The van der Waals surface area contributed by atoms with E-state index in [1.807, 2.05) is 4.90 Å². The Balaban J connectivity index is 1.54. The van der Waals surface area contributed by atoms with Gasteiger partial charge in [-0.3, -0.25) is 4.79 Å². The van der Waals surface area contributed by atoms with Crippen molar-refractivity contribution in [1.82, 2.24) is 14.9 Å². The van der Waals surface area contributed by atoms with Crippen molar-refractivity contribution in [1.29, 1.82) is 0 Å². The zero-order valence-electron chi connectivity index (χ0n) is 13.1. The molecule has 0 aliphatic carbocycles. The normalized spacial score (nSPS) is 25.2. The van der Waals surface area contributed by atoms with Crippen LogP contribution in [0.2, 0.25) is 0 Å². The standard InChI is InChI=1S/C16H24N4O2/c1-12-4-2-6-20(11-12)15(21)13-8-17-16(18-9-13)19-10-14-5-3-7-22-14/h8-9,12,14H,2-7,10-11H2,1H3,(H,17,18,19). The van der Waals surface area contributed by atoms with Gasteiger partial charge in [0.1, 0.15) is 0 Å². The Morgan fingerprint density at radius 2 is 2.18 bits per heavy atom. The first kappa shape index (κ1) is 15.2. The van der Waals surface area contributed by atoms with Gasteiger partial charge in [0.25, 0.3) is 5.91 Å². The van der Waals surface area contributed by atoms with Gasteiger partial charge in [-0.15, -0.1) is 0 Å². The lowest BCUT2D eigenvalue weighted by Gasteiger charge is -2.30. The van der Waals surface area contributed by atoms with Gasteiger partial charge in [-0.05, 0) is 31.6 Å². The van der Waals surface area contributed by atoms with Crippen LogP contribution in [0.5, 0.6) is 0 Å². The Kier molecular flexibility index (Phi) is 4.87. The first-order chi connectivity index (χ1) is 10.7. The number of anilines is 1. The van der Waals surface area contributed by atoms with E-state index in [9.17, 15) is 4.79 Å². The molecular formula is C16H24N4O2. The average molecular weight is 304 g/mol. The Bertz CT molecular complexity index is 499. The minimum Gasteiger partial charge on any atom is -0.376 e. The summed E-state index contributed by atoms with van der Waals surface area (Å²) in [6, 6.07) is 0. The monoisotopic (exact) mass is 304 g/mol. The Morgan fingerprint density at radius 1 is 1.36 bits per heavy atom. The lowest BCUT2D eigenvalue weighted by atomic mass is 10.00. The molecule has 0 bridgehead atoms. The second kappa shape index (κ2) is 7.05. The first-order valence-corrected chi connectivity index (χ1v) is 8.19. The summed E-state index contributed by atoms with van der Waals surface area (Å²) in [5.41, 5.74) is 0.566. The van der Waals surface area contributed by atoms with Crippen molar-refractivity contribution in [2.45, 2.75) is 38.7 Å². The Morgan fingerprint density at radius 3 is 2.86 bits per heavy atom. The van der Waals surface area contributed by atoms with Crippen molar-refractivity contribution in [3.8, 4) is 0 Å². The van der Waals surface area contributed by atoms with Crippen LogP contribution in [-0.2, 0) is 4.74 Å². The third-order valence-corrected chi connectivity index (χ3v) is 4.35. The number of hydrogen-bond acceptors (Lipinski definition) is 5. The molecule has 6 nitrogen and oxygen atoms in total. The number of hydrogen-bond donors (Lipinski definition) is 1. The van der Waals surface area contributed by atoms with Gasteiger partial charge in [-0.25, -0.2) is 9.97 Å². The molecule has 1 amide bonds. The Labute approximate surface area is 131 Å². The van der Waals surface area contributed by atoms with E-state index in [-0.39, 0.29) is 12.0 Å². The minimum atomic E-state index is 0.0391. The molecule has 2 fully saturated rings. The highest BCUT2D eigenvalue weighted by Crippen LogP contribution is 2.18. The number of likely N-dealkylation sites (tertiary alicyclic amines) is 1. The van der Waals surface area contributed by atoms with E-state index in [1.165, 1.54) is 6.42 Å². The summed E-state index contributed by atoms with van der Waals surface area (Å²) in [5, 5.41) is 3.17. The number of ether oxygens (including phenoxy) is 1. The van der Waals surface area contributed by atoms with Crippen LogP contribution in [0.1, 0.15) is 43.0 Å². The van der Waals surface area contributed by atoms with Gasteiger partial charge in [0.15, 0.2) is 0 Å². The summed E-state index contributed by atoms with van der Waals surface area (Å²) in [6.45, 7) is 5.42. The maximum atomic E-state index is 12.4. The minimum absolute atomic E-state index is 0.0391. The molecular weight excluding hydrogens is 280 g/mol. The summed E-state index contributed by atoms with van der Waals surface area (Å²) >= 11 is 0. The molecule has 0 spiro atoms. The largest absolute Gasteiger partial charge is 0.376 e. The molecule has 2 unspecified atom stereocenters. The predicted molar refractivity (Wildman–Crippen MR) is 83.8 cm³/mol. The molecule has 0 radical (unpaired) electrons. The highest BCUT2D eigenvalue weighted by Gasteiger charge is 2.22. The summed E-state index contributed by atoms with van der Waals surface area (Å²) in [7, 11) is 0. The molecule has 3 heterocycles. The molecule has 1 aromatic heterocycles. The average Bonchev–Trinajstić information content (AvgIpc) is 3.06. The number of carbonyl (C=O) groups excluding carboxylic acids is 1. The van der Waals surface area contributed by atoms with Gasteiger partial charge < -0.3 is 15.0 Å². The van der Waals surface area contributed by atoms with Crippen LogP contribution in [0.25, 0.3) is 0 Å². The van der Waals surface area contributed by atoms with Crippen molar-refractivity contribution < 1.29 is 9.53 Å². The number of aromatic nitrogens is 2. The van der Waals surface area contributed by atoms with Crippen molar-refractivity contribution in [2.24, 2.45) is 5.92 Å². The molecule has 2 aliphatic heterocycles.